The quantitative estimate of drug-likeness (QED) is 0.442. The number of amides is 1. The van der Waals surface area contributed by atoms with Crippen molar-refractivity contribution in [1.82, 2.24) is 4.90 Å². The summed E-state index contributed by atoms with van der Waals surface area (Å²) in [6.07, 6.45) is 1.56. The third-order valence-corrected chi connectivity index (χ3v) is 4.85. The van der Waals surface area contributed by atoms with Gasteiger partial charge in [0.15, 0.2) is 5.76 Å². The van der Waals surface area contributed by atoms with Crippen molar-refractivity contribution in [2.45, 2.75) is 13.1 Å². The average Bonchev–Trinajstić information content (AvgIpc) is 3.41. The van der Waals surface area contributed by atoms with E-state index in [-0.39, 0.29) is 30.5 Å². The molecule has 0 aliphatic heterocycles. The molecule has 2 aromatic carbocycles. The SMILES string of the molecule is O=C(c1ccc(-c2ccccc2Cl)o1)N(Cc1ccco1)Cc1ccccc1O. The fraction of sp³-hybridized carbons (Fsp3) is 0.0870. The van der Waals surface area contributed by atoms with Gasteiger partial charge in [0.2, 0.25) is 0 Å². The number of hydrogen-bond acceptors (Lipinski definition) is 4. The Morgan fingerprint density at radius 2 is 1.72 bits per heavy atom. The molecule has 0 saturated heterocycles. The topological polar surface area (TPSA) is 66.8 Å². The first kappa shape index (κ1) is 18.9. The summed E-state index contributed by atoms with van der Waals surface area (Å²) in [5.74, 6) is 1.14. The van der Waals surface area contributed by atoms with Crippen LogP contribution in [-0.2, 0) is 13.1 Å². The van der Waals surface area contributed by atoms with Crippen LogP contribution in [-0.4, -0.2) is 15.9 Å². The second-order valence-electron chi connectivity index (χ2n) is 6.51. The first-order valence-corrected chi connectivity index (χ1v) is 9.43. The second kappa shape index (κ2) is 8.29. The van der Waals surface area contributed by atoms with Crippen LogP contribution in [0.2, 0.25) is 5.02 Å². The van der Waals surface area contributed by atoms with Crippen LogP contribution in [0.4, 0.5) is 0 Å². The van der Waals surface area contributed by atoms with E-state index in [0.717, 1.165) is 0 Å². The summed E-state index contributed by atoms with van der Waals surface area (Å²) in [6.45, 7) is 0.441. The lowest BCUT2D eigenvalue weighted by molar-refractivity contribution is 0.0685. The Morgan fingerprint density at radius 1 is 0.931 bits per heavy atom. The summed E-state index contributed by atoms with van der Waals surface area (Å²) in [6, 6.07) is 21.1. The summed E-state index contributed by atoms with van der Waals surface area (Å²) >= 11 is 6.23. The van der Waals surface area contributed by atoms with Crippen LogP contribution in [0.1, 0.15) is 21.9 Å². The van der Waals surface area contributed by atoms with Crippen molar-refractivity contribution in [2.75, 3.05) is 0 Å². The first-order chi connectivity index (χ1) is 14.1. The first-order valence-electron chi connectivity index (χ1n) is 9.05. The molecule has 1 N–H and O–H groups in total. The molecule has 0 atom stereocenters. The number of furan rings is 2. The molecule has 6 heteroatoms. The monoisotopic (exact) mass is 407 g/mol. The lowest BCUT2D eigenvalue weighted by atomic mass is 10.1. The minimum absolute atomic E-state index is 0.126. The van der Waals surface area contributed by atoms with Crippen molar-refractivity contribution in [3.05, 3.63) is 101 Å². The Balaban J connectivity index is 1.63. The minimum atomic E-state index is -0.317. The predicted molar refractivity (Wildman–Crippen MR) is 110 cm³/mol. The van der Waals surface area contributed by atoms with Gasteiger partial charge in [0, 0.05) is 11.1 Å². The number of phenolic OH excluding ortho intramolecular Hbond substituents is 1. The van der Waals surface area contributed by atoms with Gasteiger partial charge < -0.3 is 18.8 Å². The maximum atomic E-state index is 13.2. The molecule has 29 heavy (non-hydrogen) atoms. The molecule has 0 aliphatic rings. The number of rotatable bonds is 6. The zero-order valence-electron chi connectivity index (χ0n) is 15.4. The van der Waals surface area contributed by atoms with Crippen LogP contribution in [0.25, 0.3) is 11.3 Å². The van der Waals surface area contributed by atoms with Crippen LogP contribution in [0.5, 0.6) is 5.75 Å². The number of nitrogens with zero attached hydrogens (tertiary/aromatic N) is 1. The van der Waals surface area contributed by atoms with E-state index in [1.165, 1.54) is 0 Å². The van der Waals surface area contributed by atoms with Crippen molar-refractivity contribution >= 4 is 17.5 Å². The summed E-state index contributed by atoms with van der Waals surface area (Å²) in [7, 11) is 0. The number of benzene rings is 2. The summed E-state index contributed by atoms with van der Waals surface area (Å²) in [5.41, 5.74) is 1.34. The number of para-hydroxylation sites is 1. The highest BCUT2D eigenvalue weighted by Gasteiger charge is 2.22. The molecule has 2 aromatic heterocycles. The van der Waals surface area contributed by atoms with E-state index >= 15 is 0 Å². The van der Waals surface area contributed by atoms with Crippen molar-refractivity contribution in [3.63, 3.8) is 0 Å². The normalized spacial score (nSPS) is 10.8. The van der Waals surface area contributed by atoms with E-state index in [9.17, 15) is 9.90 Å². The van der Waals surface area contributed by atoms with Crippen molar-refractivity contribution in [1.29, 1.82) is 0 Å². The van der Waals surface area contributed by atoms with Crippen LogP contribution >= 0.6 is 11.6 Å². The molecule has 0 spiro atoms. The van der Waals surface area contributed by atoms with Crippen molar-refractivity contribution in [2.24, 2.45) is 0 Å². The molecule has 0 saturated carbocycles. The maximum absolute atomic E-state index is 13.2. The molecule has 0 fully saturated rings. The highest BCUT2D eigenvalue weighted by Crippen LogP contribution is 2.30. The molecule has 4 rings (SSSR count). The zero-order chi connectivity index (χ0) is 20.2. The standard InChI is InChI=1S/C23H18ClNO4/c24-19-9-3-2-8-18(19)21-11-12-22(29-21)23(27)25(15-17-7-5-13-28-17)14-16-6-1-4-10-20(16)26/h1-13,26H,14-15H2. The van der Waals surface area contributed by atoms with Gasteiger partial charge in [-0.1, -0.05) is 41.9 Å². The summed E-state index contributed by atoms with van der Waals surface area (Å²) in [4.78, 5) is 14.8. The highest BCUT2D eigenvalue weighted by atomic mass is 35.5. The predicted octanol–water partition coefficient (Wildman–Crippen LogP) is 5.74. The summed E-state index contributed by atoms with van der Waals surface area (Å²) < 4.78 is 11.2. The van der Waals surface area contributed by atoms with Crippen LogP contribution < -0.4 is 0 Å². The third-order valence-electron chi connectivity index (χ3n) is 4.52. The van der Waals surface area contributed by atoms with Gasteiger partial charge in [0.25, 0.3) is 5.91 Å². The van der Waals surface area contributed by atoms with Gasteiger partial charge in [0.1, 0.15) is 17.3 Å². The molecule has 0 unspecified atom stereocenters. The van der Waals surface area contributed by atoms with E-state index in [4.69, 9.17) is 20.4 Å². The smallest absolute Gasteiger partial charge is 0.290 e. The van der Waals surface area contributed by atoms with E-state index < -0.39 is 0 Å². The molecule has 4 aromatic rings. The van der Waals surface area contributed by atoms with Crippen molar-refractivity contribution < 1.29 is 18.7 Å². The van der Waals surface area contributed by atoms with Gasteiger partial charge in [-0.15, -0.1) is 0 Å². The van der Waals surface area contributed by atoms with E-state index in [0.29, 0.717) is 27.7 Å². The Morgan fingerprint density at radius 3 is 2.48 bits per heavy atom. The van der Waals surface area contributed by atoms with E-state index in [2.05, 4.69) is 0 Å². The number of carbonyl (C=O) groups excluding carboxylic acids is 1. The average molecular weight is 408 g/mol. The molecular formula is C23H18ClNO4. The fourth-order valence-electron chi connectivity index (χ4n) is 3.05. The lowest BCUT2D eigenvalue weighted by Crippen LogP contribution is -2.29. The Bertz CT molecular complexity index is 1120. The van der Waals surface area contributed by atoms with Gasteiger partial charge in [-0.25, -0.2) is 0 Å². The number of hydrogen-bond donors (Lipinski definition) is 1. The third kappa shape index (κ3) is 4.20. The van der Waals surface area contributed by atoms with Gasteiger partial charge in [-0.3, -0.25) is 4.79 Å². The number of phenols is 1. The maximum Gasteiger partial charge on any atom is 0.290 e. The number of aromatic hydroxyl groups is 1. The Kier molecular flexibility index (Phi) is 5.40. The summed E-state index contributed by atoms with van der Waals surface area (Å²) in [5, 5.41) is 10.7. The molecule has 0 radical (unpaired) electrons. The second-order valence-corrected chi connectivity index (χ2v) is 6.92. The van der Waals surface area contributed by atoms with Gasteiger partial charge in [-0.2, -0.15) is 0 Å². The Hall–Kier alpha value is -3.44. The lowest BCUT2D eigenvalue weighted by Gasteiger charge is -2.21. The number of halogens is 1. The molecule has 0 bridgehead atoms. The molecule has 146 valence electrons. The molecule has 2 heterocycles. The molecule has 0 aliphatic carbocycles. The van der Waals surface area contributed by atoms with Gasteiger partial charge in [0.05, 0.1) is 24.4 Å². The number of carbonyl (C=O) groups is 1. The molecule has 1 amide bonds. The van der Waals surface area contributed by atoms with E-state index in [1.54, 1.807) is 59.7 Å². The zero-order valence-corrected chi connectivity index (χ0v) is 16.2. The van der Waals surface area contributed by atoms with Gasteiger partial charge >= 0.3 is 0 Å². The van der Waals surface area contributed by atoms with Crippen LogP contribution in [0.3, 0.4) is 0 Å². The van der Waals surface area contributed by atoms with Crippen LogP contribution in [0.15, 0.2) is 87.9 Å². The minimum Gasteiger partial charge on any atom is -0.508 e. The van der Waals surface area contributed by atoms with Crippen molar-refractivity contribution in [3.8, 4) is 17.1 Å². The molecular weight excluding hydrogens is 390 g/mol. The van der Waals surface area contributed by atoms with Crippen LogP contribution in [0, 0.1) is 0 Å². The largest absolute Gasteiger partial charge is 0.508 e. The highest BCUT2D eigenvalue weighted by molar-refractivity contribution is 6.33. The Labute approximate surface area is 172 Å². The molecule has 5 nitrogen and oxygen atoms in total. The van der Waals surface area contributed by atoms with Gasteiger partial charge in [-0.05, 0) is 42.5 Å². The fourth-order valence-corrected chi connectivity index (χ4v) is 3.28. The van der Waals surface area contributed by atoms with E-state index in [1.807, 2.05) is 24.3 Å².